The summed E-state index contributed by atoms with van der Waals surface area (Å²) >= 11 is 0. The first-order chi connectivity index (χ1) is 8.16. The molecular formula is C14H29N3. The van der Waals surface area contributed by atoms with Gasteiger partial charge < -0.3 is 10.6 Å². The third-order valence-corrected chi connectivity index (χ3v) is 4.98. The number of nitrogens with zero attached hydrogens (tertiary/aromatic N) is 2. The summed E-state index contributed by atoms with van der Waals surface area (Å²) in [6.07, 6.45) is 6.57. The monoisotopic (exact) mass is 239 g/mol. The van der Waals surface area contributed by atoms with E-state index in [1.807, 2.05) is 0 Å². The maximum atomic E-state index is 6.16. The van der Waals surface area contributed by atoms with E-state index in [2.05, 4.69) is 23.8 Å². The number of nitrogens with two attached hydrogens (primary N) is 1. The van der Waals surface area contributed by atoms with E-state index in [0.717, 1.165) is 12.5 Å². The van der Waals surface area contributed by atoms with Gasteiger partial charge in [-0.2, -0.15) is 0 Å². The summed E-state index contributed by atoms with van der Waals surface area (Å²) in [7, 11) is 2.24. The minimum absolute atomic E-state index is 0.310. The van der Waals surface area contributed by atoms with E-state index in [-0.39, 0.29) is 0 Å². The highest BCUT2D eigenvalue weighted by Crippen LogP contribution is 2.31. The summed E-state index contributed by atoms with van der Waals surface area (Å²) < 4.78 is 0. The Morgan fingerprint density at radius 2 is 1.82 bits per heavy atom. The van der Waals surface area contributed by atoms with Crippen molar-refractivity contribution in [3.63, 3.8) is 0 Å². The lowest BCUT2D eigenvalue weighted by molar-refractivity contribution is 0.0462. The van der Waals surface area contributed by atoms with E-state index < -0.39 is 0 Å². The Morgan fingerprint density at radius 3 is 2.47 bits per heavy atom. The summed E-state index contributed by atoms with van der Waals surface area (Å²) in [4.78, 5) is 5.18. The summed E-state index contributed by atoms with van der Waals surface area (Å²) in [5.74, 6) is 0.912. The second-order valence-electron chi connectivity index (χ2n) is 6.25. The second-order valence-corrected chi connectivity index (χ2v) is 6.25. The van der Waals surface area contributed by atoms with Gasteiger partial charge in [0, 0.05) is 12.1 Å². The molecule has 17 heavy (non-hydrogen) atoms. The van der Waals surface area contributed by atoms with Crippen LogP contribution in [-0.2, 0) is 0 Å². The third-order valence-electron chi connectivity index (χ3n) is 4.98. The predicted molar refractivity (Wildman–Crippen MR) is 73.1 cm³/mol. The second kappa shape index (κ2) is 5.68. The lowest BCUT2D eigenvalue weighted by atomic mass is 9.85. The lowest BCUT2D eigenvalue weighted by Crippen LogP contribution is -2.56. The van der Waals surface area contributed by atoms with Gasteiger partial charge in [0.25, 0.3) is 0 Å². The van der Waals surface area contributed by atoms with Crippen LogP contribution < -0.4 is 5.73 Å². The normalized spacial score (nSPS) is 34.8. The van der Waals surface area contributed by atoms with Crippen molar-refractivity contribution >= 4 is 0 Å². The van der Waals surface area contributed by atoms with Gasteiger partial charge in [-0.15, -0.1) is 0 Å². The molecule has 0 aromatic carbocycles. The molecule has 1 atom stereocenters. The maximum Gasteiger partial charge on any atom is 0.0344 e. The fourth-order valence-corrected chi connectivity index (χ4v) is 3.45. The number of likely N-dealkylation sites (tertiary alicyclic amines) is 2. The minimum atomic E-state index is 0.310. The fourth-order valence-electron chi connectivity index (χ4n) is 3.45. The molecule has 100 valence electrons. The molecule has 0 radical (unpaired) electrons. The van der Waals surface area contributed by atoms with E-state index in [4.69, 9.17) is 5.73 Å². The first-order valence-corrected chi connectivity index (χ1v) is 7.30. The zero-order chi connectivity index (χ0) is 12.3. The van der Waals surface area contributed by atoms with Crippen LogP contribution in [0.5, 0.6) is 0 Å². The Morgan fingerprint density at radius 1 is 1.12 bits per heavy atom. The van der Waals surface area contributed by atoms with E-state index in [1.54, 1.807) is 0 Å². The molecule has 2 N–H and O–H groups in total. The summed E-state index contributed by atoms with van der Waals surface area (Å²) in [5.41, 5.74) is 6.47. The van der Waals surface area contributed by atoms with Gasteiger partial charge in [-0.05, 0) is 71.2 Å². The van der Waals surface area contributed by atoms with Crippen LogP contribution >= 0.6 is 0 Å². The number of hydrogen-bond donors (Lipinski definition) is 1. The Hall–Kier alpha value is -0.120. The van der Waals surface area contributed by atoms with E-state index in [1.165, 1.54) is 58.3 Å². The highest BCUT2D eigenvalue weighted by molar-refractivity contribution is 4.95. The van der Waals surface area contributed by atoms with E-state index in [0.29, 0.717) is 5.54 Å². The lowest BCUT2D eigenvalue weighted by Gasteiger charge is -2.46. The molecule has 0 saturated carbocycles. The zero-order valence-electron chi connectivity index (χ0n) is 11.6. The van der Waals surface area contributed by atoms with Gasteiger partial charge in [0.1, 0.15) is 0 Å². The van der Waals surface area contributed by atoms with Gasteiger partial charge in [-0.3, -0.25) is 4.90 Å². The molecule has 1 unspecified atom stereocenters. The van der Waals surface area contributed by atoms with Crippen molar-refractivity contribution in [2.75, 3.05) is 39.8 Å². The highest BCUT2D eigenvalue weighted by atomic mass is 15.2. The van der Waals surface area contributed by atoms with Gasteiger partial charge in [0.05, 0.1) is 0 Å². The van der Waals surface area contributed by atoms with Crippen molar-refractivity contribution in [2.24, 2.45) is 11.7 Å². The fraction of sp³-hybridized carbons (Fsp3) is 1.00. The molecule has 0 aliphatic carbocycles. The molecule has 2 heterocycles. The van der Waals surface area contributed by atoms with Crippen molar-refractivity contribution in [3.8, 4) is 0 Å². The van der Waals surface area contributed by atoms with E-state index in [9.17, 15) is 0 Å². The largest absolute Gasteiger partial charge is 0.329 e. The van der Waals surface area contributed by atoms with Crippen LogP contribution in [0.15, 0.2) is 0 Å². The summed E-state index contributed by atoms with van der Waals surface area (Å²) in [6, 6.07) is 0. The van der Waals surface area contributed by atoms with Gasteiger partial charge >= 0.3 is 0 Å². The average molecular weight is 239 g/mol. The zero-order valence-corrected chi connectivity index (χ0v) is 11.6. The summed E-state index contributed by atoms with van der Waals surface area (Å²) in [6.45, 7) is 8.21. The van der Waals surface area contributed by atoms with Crippen LogP contribution in [0.2, 0.25) is 0 Å². The standard InChI is InChI=1S/C14H29N3/c1-13-4-9-17(10-5-13)14(12-15)6-3-8-16(2)11-7-14/h13H,3-12,15H2,1-2H3. The smallest absolute Gasteiger partial charge is 0.0344 e. The van der Waals surface area contributed by atoms with Crippen LogP contribution in [0.1, 0.15) is 39.0 Å². The molecular weight excluding hydrogens is 210 g/mol. The van der Waals surface area contributed by atoms with Crippen molar-refractivity contribution in [2.45, 2.75) is 44.6 Å². The highest BCUT2D eigenvalue weighted by Gasteiger charge is 2.37. The van der Waals surface area contributed by atoms with Gasteiger partial charge in [-0.1, -0.05) is 6.92 Å². The molecule has 2 rings (SSSR count). The van der Waals surface area contributed by atoms with Crippen molar-refractivity contribution in [1.29, 1.82) is 0 Å². The molecule has 2 saturated heterocycles. The van der Waals surface area contributed by atoms with Gasteiger partial charge in [-0.25, -0.2) is 0 Å². The Bertz CT molecular complexity index is 236. The van der Waals surface area contributed by atoms with Crippen LogP contribution in [0.4, 0.5) is 0 Å². The summed E-state index contributed by atoms with van der Waals surface area (Å²) in [5, 5.41) is 0. The van der Waals surface area contributed by atoms with Crippen LogP contribution in [0.25, 0.3) is 0 Å². The third kappa shape index (κ3) is 3.01. The van der Waals surface area contributed by atoms with E-state index >= 15 is 0 Å². The average Bonchev–Trinajstić information content (AvgIpc) is 2.53. The quantitative estimate of drug-likeness (QED) is 0.793. The first kappa shape index (κ1) is 13.3. The number of hydrogen-bond acceptors (Lipinski definition) is 3. The topological polar surface area (TPSA) is 32.5 Å². The molecule has 0 bridgehead atoms. The SMILES string of the molecule is CC1CCN(C2(CN)CCCN(C)CC2)CC1. The minimum Gasteiger partial charge on any atom is -0.329 e. The van der Waals surface area contributed by atoms with Crippen molar-refractivity contribution in [3.05, 3.63) is 0 Å². The molecule has 0 spiro atoms. The van der Waals surface area contributed by atoms with Gasteiger partial charge in [0.2, 0.25) is 0 Å². The Balaban J connectivity index is 2.02. The molecule has 3 nitrogen and oxygen atoms in total. The molecule has 0 aromatic heterocycles. The van der Waals surface area contributed by atoms with Gasteiger partial charge in [0.15, 0.2) is 0 Å². The van der Waals surface area contributed by atoms with Crippen LogP contribution in [0, 0.1) is 5.92 Å². The molecule has 0 amide bonds. The molecule has 2 aliphatic rings. The molecule has 3 heteroatoms. The van der Waals surface area contributed by atoms with Crippen molar-refractivity contribution in [1.82, 2.24) is 9.80 Å². The molecule has 2 aliphatic heterocycles. The van der Waals surface area contributed by atoms with Crippen LogP contribution in [0.3, 0.4) is 0 Å². The predicted octanol–water partition coefficient (Wildman–Crippen LogP) is 1.53. The maximum absolute atomic E-state index is 6.16. The Labute approximate surface area is 106 Å². The molecule has 0 aromatic rings. The van der Waals surface area contributed by atoms with Crippen molar-refractivity contribution < 1.29 is 0 Å². The number of piperidine rings is 1. The number of rotatable bonds is 2. The van der Waals surface area contributed by atoms with Crippen LogP contribution in [-0.4, -0.2) is 55.1 Å². The Kier molecular flexibility index (Phi) is 4.45. The molecule has 2 fully saturated rings. The first-order valence-electron chi connectivity index (χ1n) is 7.30.